The van der Waals surface area contributed by atoms with Gasteiger partial charge in [0, 0.05) is 6.42 Å². The molecule has 3 heteroatoms. The molecule has 0 aliphatic rings. The summed E-state index contributed by atoms with van der Waals surface area (Å²) < 4.78 is 10.3. The standard InChI is InChI=1S/C11H14O3/c1-8-6-10(13-2)11(14-3)7-9(8)4-5-12/h5-7H,4H2,1-3H3. The largest absolute Gasteiger partial charge is 0.493 e. The summed E-state index contributed by atoms with van der Waals surface area (Å²) in [7, 11) is 3.18. The summed E-state index contributed by atoms with van der Waals surface area (Å²) in [6.07, 6.45) is 1.29. The Balaban J connectivity index is 3.15. The number of hydrogen-bond acceptors (Lipinski definition) is 3. The number of carbonyl (C=O) groups is 1. The van der Waals surface area contributed by atoms with Crippen LogP contribution in [-0.4, -0.2) is 20.5 Å². The lowest BCUT2D eigenvalue weighted by Gasteiger charge is -2.10. The number of aryl methyl sites for hydroxylation is 1. The Hall–Kier alpha value is -1.51. The molecule has 0 N–H and O–H groups in total. The van der Waals surface area contributed by atoms with Gasteiger partial charge in [-0.15, -0.1) is 0 Å². The molecule has 0 saturated heterocycles. The van der Waals surface area contributed by atoms with E-state index in [1.165, 1.54) is 0 Å². The summed E-state index contributed by atoms with van der Waals surface area (Å²) in [6, 6.07) is 3.71. The fraction of sp³-hybridized carbons (Fsp3) is 0.364. The van der Waals surface area contributed by atoms with Gasteiger partial charge in [0.25, 0.3) is 0 Å². The van der Waals surface area contributed by atoms with E-state index in [1.54, 1.807) is 14.2 Å². The molecule has 1 aromatic carbocycles. The zero-order valence-electron chi connectivity index (χ0n) is 8.66. The second kappa shape index (κ2) is 4.65. The molecule has 1 rings (SSSR count). The third kappa shape index (κ3) is 2.05. The van der Waals surface area contributed by atoms with E-state index in [2.05, 4.69) is 0 Å². The first-order chi connectivity index (χ1) is 6.72. The zero-order chi connectivity index (χ0) is 10.6. The number of hydrogen-bond donors (Lipinski definition) is 0. The van der Waals surface area contributed by atoms with Gasteiger partial charge in [0.1, 0.15) is 6.29 Å². The lowest BCUT2D eigenvalue weighted by Crippen LogP contribution is -1.96. The first-order valence-corrected chi connectivity index (χ1v) is 4.38. The van der Waals surface area contributed by atoms with E-state index in [9.17, 15) is 4.79 Å². The molecule has 0 saturated carbocycles. The van der Waals surface area contributed by atoms with Crippen molar-refractivity contribution in [3.05, 3.63) is 23.3 Å². The van der Waals surface area contributed by atoms with Crippen LogP contribution in [0.1, 0.15) is 11.1 Å². The maximum Gasteiger partial charge on any atom is 0.161 e. The van der Waals surface area contributed by atoms with Gasteiger partial charge in [-0.25, -0.2) is 0 Å². The van der Waals surface area contributed by atoms with Crippen molar-refractivity contribution in [1.82, 2.24) is 0 Å². The van der Waals surface area contributed by atoms with E-state index in [0.29, 0.717) is 17.9 Å². The van der Waals surface area contributed by atoms with Crippen molar-refractivity contribution >= 4 is 6.29 Å². The minimum absolute atomic E-state index is 0.409. The third-order valence-electron chi connectivity index (χ3n) is 2.15. The quantitative estimate of drug-likeness (QED) is 0.685. The summed E-state index contributed by atoms with van der Waals surface area (Å²) in [5.41, 5.74) is 2.01. The Kier molecular flexibility index (Phi) is 3.51. The van der Waals surface area contributed by atoms with Gasteiger partial charge in [0.2, 0.25) is 0 Å². The van der Waals surface area contributed by atoms with Crippen LogP contribution in [0.25, 0.3) is 0 Å². The van der Waals surface area contributed by atoms with Crippen LogP contribution in [0, 0.1) is 6.92 Å². The van der Waals surface area contributed by atoms with Crippen LogP contribution in [0.3, 0.4) is 0 Å². The number of methoxy groups -OCH3 is 2. The van der Waals surface area contributed by atoms with Gasteiger partial charge in [-0.05, 0) is 30.2 Å². The Morgan fingerprint density at radius 1 is 1.21 bits per heavy atom. The van der Waals surface area contributed by atoms with Gasteiger partial charge in [0.05, 0.1) is 14.2 Å². The monoisotopic (exact) mass is 194 g/mol. The molecule has 0 aromatic heterocycles. The Bertz CT molecular complexity index is 332. The van der Waals surface area contributed by atoms with Crippen molar-refractivity contribution in [3.63, 3.8) is 0 Å². The second-order valence-electron chi connectivity index (χ2n) is 3.00. The van der Waals surface area contributed by atoms with E-state index in [-0.39, 0.29) is 0 Å². The Morgan fingerprint density at radius 2 is 1.79 bits per heavy atom. The molecule has 0 bridgehead atoms. The van der Waals surface area contributed by atoms with E-state index in [0.717, 1.165) is 17.4 Å². The Morgan fingerprint density at radius 3 is 2.29 bits per heavy atom. The molecule has 0 unspecified atom stereocenters. The second-order valence-corrected chi connectivity index (χ2v) is 3.00. The molecule has 0 spiro atoms. The van der Waals surface area contributed by atoms with Gasteiger partial charge < -0.3 is 14.3 Å². The fourth-order valence-corrected chi connectivity index (χ4v) is 1.33. The molecular weight excluding hydrogens is 180 g/mol. The van der Waals surface area contributed by atoms with Gasteiger partial charge in [0.15, 0.2) is 11.5 Å². The van der Waals surface area contributed by atoms with Crippen molar-refractivity contribution in [2.24, 2.45) is 0 Å². The molecule has 0 fully saturated rings. The third-order valence-corrected chi connectivity index (χ3v) is 2.15. The van der Waals surface area contributed by atoms with Crippen molar-refractivity contribution in [1.29, 1.82) is 0 Å². The van der Waals surface area contributed by atoms with E-state index in [1.807, 2.05) is 19.1 Å². The molecule has 1 aromatic rings. The van der Waals surface area contributed by atoms with Crippen LogP contribution in [0.5, 0.6) is 11.5 Å². The highest BCUT2D eigenvalue weighted by Crippen LogP contribution is 2.30. The van der Waals surface area contributed by atoms with Gasteiger partial charge in [-0.3, -0.25) is 0 Å². The summed E-state index contributed by atoms with van der Waals surface area (Å²) in [4.78, 5) is 10.4. The van der Waals surface area contributed by atoms with E-state index in [4.69, 9.17) is 9.47 Å². The summed E-state index contributed by atoms with van der Waals surface area (Å²) in [6.45, 7) is 1.95. The predicted octanol–water partition coefficient (Wildman–Crippen LogP) is 1.75. The number of rotatable bonds is 4. The molecule has 0 heterocycles. The first-order valence-electron chi connectivity index (χ1n) is 4.38. The van der Waals surface area contributed by atoms with E-state index >= 15 is 0 Å². The van der Waals surface area contributed by atoms with Crippen LogP contribution in [0.4, 0.5) is 0 Å². The first kappa shape index (κ1) is 10.6. The average Bonchev–Trinajstić information content (AvgIpc) is 2.20. The number of carbonyl (C=O) groups excluding carboxylic acids is 1. The normalized spacial score (nSPS) is 9.64. The number of aldehydes is 1. The number of ether oxygens (including phenoxy) is 2. The lowest BCUT2D eigenvalue weighted by molar-refractivity contribution is -0.107. The molecule has 0 aliphatic heterocycles. The molecule has 0 atom stereocenters. The van der Waals surface area contributed by atoms with Crippen molar-refractivity contribution in [3.8, 4) is 11.5 Å². The topological polar surface area (TPSA) is 35.5 Å². The van der Waals surface area contributed by atoms with E-state index < -0.39 is 0 Å². The highest BCUT2D eigenvalue weighted by Gasteiger charge is 2.07. The van der Waals surface area contributed by atoms with Crippen molar-refractivity contribution in [2.45, 2.75) is 13.3 Å². The van der Waals surface area contributed by atoms with Gasteiger partial charge in [-0.1, -0.05) is 0 Å². The molecule has 76 valence electrons. The average molecular weight is 194 g/mol. The summed E-state index contributed by atoms with van der Waals surface area (Å²) in [5.74, 6) is 1.36. The minimum Gasteiger partial charge on any atom is -0.493 e. The fourth-order valence-electron chi connectivity index (χ4n) is 1.33. The minimum atomic E-state index is 0.409. The predicted molar refractivity (Wildman–Crippen MR) is 54.1 cm³/mol. The summed E-state index contributed by atoms with van der Waals surface area (Å²) >= 11 is 0. The molecule has 0 radical (unpaired) electrons. The lowest BCUT2D eigenvalue weighted by atomic mass is 10.1. The van der Waals surface area contributed by atoms with Crippen LogP contribution < -0.4 is 9.47 Å². The molecular formula is C11H14O3. The van der Waals surface area contributed by atoms with Gasteiger partial charge >= 0.3 is 0 Å². The molecule has 3 nitrogen and oxygen atoms in total. The smallest absolute Gasteiger partial charge is 0.161 e. The zero-order valence-corrected chi connectivity index (χ0v) is 8.66. The van der Waals surface area contributed by atoms with Gasteiger partial charge in [-0.2, -0.15) is 0 Å². The Labute approximate surface area is 83.6 Å². The van der Waals surface area contributed by atoms with Crippen LogP contribution in [0.15, 0.2) is 12.1 Å². The van der Waals surface area contributed by atoms with Crippen LogP contribution >= 0.6 is 0 Å². The van der Waals surface area contributed by atoms with Crippen molar-refractivity contribution < 1.29 is 14.3 Å². The highest BCUT2D eigenvalue weighted by molar-refractivity contribution is 5.58. The highest BCUT2D eigenvalue weighted by atomic mass is 16.5. The van der Waals surface area contributed by atoms with Crippen LogP contribution in [-0.2, 0) is 11.2 Å². The maximum atomic E-state index is 10.4. The van der Waals surface area contributed by atoms with Crippen LogP contribution in [0.2, 0.25) is 0 Å². The van der Waals surface area contributed by atoms with Crippen molar-refractivity contribution in [2.75, 3.05) is 14.2 Å². The SMILES string of the molecule is COc1cc(C)c(CC=O)cc1OC. The number of benzene rings is 1. The maximum absolute atomic E-state index is 10.4. The molecule has 14 heavy (non-hydrogen) atoms. The molecule has 0 amide bonds. The summed E-state index contributed by atoms with van der Waals surface area (Å²) in [5, 5.41) is 0. The molecule has 0 aliphatic carbocycles.